The number of rotatable bonds is 7. The number of carbonyl (C=O) groups excluding carboxylic acids is 1. The second-order valence-corrected chi connectivity index (χ2v) is 8.20. The molecule has 1 aliphatic rings. The van der Waals surface area contributed by atoms with Gasteiger partial charge < -0.3 is 19.3 Å². The molecule has 2 aromatic rings. The molecule has 0 saturated carbocycles. The van der Waals surface area contributed by atoms with Gasteiger partial charge >= 0.3 is 0 Å². The molecule has 0 bridgehead atoms. The number of imidazole rings is 1. The molecule has 28 heavy (non-hydrogen) atoms. The van der Waals surface area contributed by atoms with E-state index in [9.17, 15) is 4.79 Å². The molecule has 0 spiro atoms. The lowest BCUT2D eigenvalue weighted by Crippen LogP contribution is -2.40. The van der Waals surface area contributed by atoms with Gasteiger partial charge in [0.1, 0.15) is 5.82 Å². The average Bonchev–Trinajstić information content (AvgIpc) is 3.15. The van der Waals surface area contributed by atoms with Crippen LogP contribution in [0.1, 0.15) is 30.1 Å². The van der Waals surface area contributed by atoms with Crippen molar-refractivity contribution in [3.8, 4) is 0 Å². The molecule has 6 nitrogen and oxygen atoms in total. The highest BCUT2D eigenvalue weighted by atomic mass is 16.2. The molecule has 1 fully saturated rings. The van der Waals surface area contributed by atoms with E-state index in [0.717, 1.165) is 56.1 Å². The van der Waals surface area contributed by atoms with Crippen LogP contribution in [-0.4, -0.2) is 73.1 Å². The quantitative estimate of drug-likeness (QED) is 0.737. The Labute approximate surface area is 168 Å². The Morgan fingerprint density at radius 1 is 1.18 bits per heavy atom. The van der Waals surface area contributed by atoms with Crippen molar-refractivity contribution in [2.45, 2.75) is 31.7 Å². The fourth-order valence-electron chi connectivity index (χ4n) is 3.79. The third kappa shape index (κ3) is 5.13. The molecule has 0 aliphatic carbocycles. The van der Waals surface area contributed by atoms with Crippen LogP contribution in [0.4, 0.5) is 5.69 Å². The van der Waals surface area contributed by atoms with Crippen LogP contribution >= 0.6 is 0 Å². The number of likely N-dealkylation sites (N-methyl/N-ethyl adjacent to an activating group) is 1. The lowest BCUT2D eigenvalue weighted by Gasteiger charge is -2.33. The molecule has 0 radical (unpaired) electrons. The minimum absolute atomic E-state index is 0.216. The number of aromatic nitrogens is 2. The Morgan fingerprint density at radius 2 is 1.93 bits per heavy atom. The van der Waals surface area contributed by atoms with Crippen LogP contribution in [0.25, 0.3) is 0 Å². The lowest BCUT2D eigenvalue weighted by atomic mass is 9.96. The van der Waals surface area contributed by atoms with E-state index in [-0.39, 0.29) is 5.91 Å². The zero-order valence-corrected chi connectivity index (χ0v) is 17.6. The molecule has 152 valence electrons. The van der Waals surface area contributed by atoms with Crippen molar-refractivity contribution < 1.29 is 4.79 Å². The van der Waals surface area contributed by atoms with Gasteiger partial charge in [0.25, 0.3) is 0 Å². The summed E-state index contributed by atoms with van der Waals surface area (Å²) in [6, 6.07) is 8.26. The first kappa shape index (κ1) is 20.4. The van der Waals surface area contributed by atoms with Crippen molar-refractivity contribution in [1.82, 2.24) is 19.4 Å². The van der Waals surface area contributed by atoms with Gasteiger partial charge in [0.2, 0.25) is 5.91 Å². The maximum atomic E-state index is 12.9. The predicted octanol–water partition coefficient (Wildman–Crippen LogP) is 2.46. The second-order valence-electron chi connectivity index (χ2n) is 8.20. The zero-order chi connectivity index (χ0) is 20.1. The molecule has 1 aliphatic heterocycles. The third-order valence-electron chi connectivity index (χ3n) is 5.48. The Hall–Kier alpha value is -2.34. The van der Waals surface area contributed by atoms with Crippen molar-refractivity contribution in [1.29, 1.82) is 0 Å². The summed E-state index contributed by atoms with van der Waals surface area (Å²) in [6.07, 6.45) is 6.55. The van der Waals surface area contributed by atoms with E-state index in [1.165, 1.54) is 0 Å². The van der Waals surface area contributed by atoms with E-state index in [0.29, 0.717) is 12.3 Å². The number of nitrogens with zero attached hydrogens (tertiary/aromatic N) is 5. The summed E-state index contributed by atoms with van der Waals surface area (Å²) < 4.78 is 2.25. The summed E-state index contributed by atoms with van der Waals surface area (Å²) in [5.41, 5.74) is 2.23. The van der Waals surface area contributed by atoms with Gasteiger partial charge in [-0.25, -0.2) is 4.98 Å². The van der Waals surface area contributed by atoms with E-state index >= 15 is 0 Å². The normalized spacial score (nSPS) is 17.2. The number of piperidine rings is 1. The summed E-state index contributed by atoms with van der Waals surface area (Å²) in [6.45, 7) is 3.55. The van der Waals surface area contributed by atoms with Crippen LogP contribution in [0.2, 0.25) is 0 Å². The van der Waals surface area contributed by atoms with Gasteiger partial charge in [0, 0.05) is 64.3 Å². The molecule has 6 heteroatoms. The van der Waals surface area contributed by atoms with Gasteiger partial charge in [-0.05, 0) is 44.6 Å². The maximum Gasteiger partial charge on any atom is 0.227 e. The summed E-state index contributed by atoms with van der Waals surface area (Å²) in [5.74, 6) is 1.66. The predicted molar refractivity (Wildman–Crippen MR) is 114 cm³/mol. The smallest absolute Gasteiger partial charge is 0.227 e. The largest absolute Gasteiger partial charge is 0.378 e. The van der Waals surface area contributed by atoms with Crippen molar-refractivity contribution in [3.05, 3.63) is 48.0 Å². The van der Waals surface area contributed by atoms with Crippen LogP contribution in [0.3, 0.4) is 0 Å². The van der Waals surface area contributed by atoms with Gasteiger partial charge in [-0.15, -0.1) is 0 Å². The number of likely N-dealkylation sites (tertiary alicyclic amines) is 1. The monoisotopic (exact) mass is 383 g/mol. The minimum Gasteiger partial charge on any atom is -0.378 e. The third-order valence-corrected chi connectivity index (χ3v) is 5.48. The van der Waals surface area contributed by atoms with Gasteiger partial charge in [-0.3, -0.25) is 4.79 Å². The SMILES string of the molecule is CN(C)CCn1ccnc1C1CCCN(C(=O)Cc2ccc(N(C)C)cc2)C1. The minimum atomic E-state index is 0.216. The van der Waals surface area contributed by atoms with E-state index in [1.54, 1.807) is 0 Å². The van der Waals surface area contributed by atoms with Crippen LogP contribution in [0.15, 0.2) is 36.7 Å². The van der Waals surface area contributed by atoms with Crippen molar-refractivity contribution in [2.75, 3.05) is 52.7 Å². The Morgan fingerprint density at radius 3 is 2.61 bits per heavy atom. The molecule has 1 saturated heterocycles. The highest BCUT2D eigenvalue weighted by Gasteiger charge is 2.27. The highest BCUT2D eigenvalue weighted by molar-refractivity contribution is 5.79. The Bertz CT molecular complexity index is 765. The van der Waals surface area contributed by atoms with Gasteiger partial charge in [0.05, 0.1) is 6.42 Å². The molecule has 2 heterocycles. The fraction of sp³-hybridized carbons (Fsp3) is 0.545. The lowest BCUT2D eigenvalue weighted by molar-refractivity contribution is -0.131. The molecule has 1 unspecified atom stereocenters. The topological polar surface area (TPSA) is 44.6 Å². The number of hydrogen-bond donors (Lipinski definition) is 0. The maximum absolute atomic E-state index is 12.9. The van der Waals surface area contributed by atoms with Crippen LogP contribution in [0.5, 0.6) is 0 Å². The molecule has 1 atom stereocenters. The van der Waals surface area contributed by atoms with Crippen molar-refractivity contribution in [3.63, 3.8) is 0 Å². The number of hydrogen-bond acceptors (Lipinski definition) is 4. The molecule has 0 N–H and O–H groups in total. The molecule has 1 aromatic heterocycles. The van der Waals surface area contributed by atoms with Gasteiger partial charge in [-0.1, -0.05) is 12.1 Å². The van der Waals surface area contributed by atoms with E-state index < -0.39 is 0 Å². The van der Waals surface area contributed by atoms with E-state index in [1.807, 2.05) is 25.2 Å². The summed E-state index contributed by atoms with van der Waals surface area (Å²) in [4.78, 5) is 23.8. The number of anilines is 1. The first-order valence-corrected chi connectivity index (χ1v) is 10.1. The van der Waals surface area contributed by atoms with Crippen molar-refractivity contribution >= 4 is 11.6 Å². The Balaban J connectivity index is 1.61. The van der Waals surface area contributed by atoms with E-state index in [4.69, 9.17) is 0 Å². The summed E-state index contributed by atoms with van der Waals surface area (Å²) >= 11 is 0. The van der Waals surface area contributed by atoms with Gasteiger partial charge in [0.15, 0.2) is 0 Å². The fourth-order valence-corrected chi connectivity index (χ4v) is 3.79. The average molecular weight is 384 g/mol. The van der Waals surface area contributed by atoms with Crippen molar-refractivity contribution in [2.24, 2.45) is 0 Å². The number of amides is 1. The highest BCUT2D eigenvalue weighted by Crippen LogP contribution is 2.26. The second kappa shape index (κ2) is 9.24. The van der Waals surface area contributed by atoms with Crippen LogP contribution < -0.4 is 4.90 Å². The number of carbonyl (C=O) groups is 1. The first-order chi connectivity index (χ1) is 13.4. The zero-order valence-electron chi connectivity index (χ0n) is 17.6. The summed E-state index contributed by atoms with van der Waals surface area (Å²) in [5, 5.41) is 0. The van der Waals surface area contributed by atoms with Gasteiger partial charge in [-0.2, -0.15) is 0 Å². The number of benzene rings is 1. The molecule has 1 amide bonds. The van der Waals surface area contributed by atoms with E-state index in [2.05, 4.69) is 63.9 Å². The molecular formula is C22H33N5O. The van der Waals surface area contributed by atoms with Crippen LogP contribution in [-0.2, 0) is 17.8 Å². The molecular weight excluding hydrogens is 350 g/mol. The standard InChI is InChI=1S/C22H33N5O/c1-24(2)14-15-26-13-11-23-22(26)19-6-5-12-27(17-19)21(28)16-18-7-9-20(10-8-18)25(3)4/h7-11,13,19H,5-6,12,14-17H2,1-4H3. The van der Waals surface area contributed by atoms with Crippen LogP contribution in [0, 0.1) is 0 Å². The Kier molecular flexibility index (Phi) is 6.73. The first-order valence-electron chi connectivity index (χ1n) is 10.1. The molecule has 1 aromatic carbocycles. The summed E-state index contributed by atoms with van der Waals surface area (Å²) in [7, 11) is 8.22. The molecule has 3 rings (SSSR count).